The van der Waals surface area contributed by atoms with E-state index in [2.05, 4.69) is 4.72 Å². The lowest BCUT2D eigenvalue weighted by atomic mass is 10.2. The second-order valence-electron chi connectivity index (χ2n) is 4.08. The first-order chi connectivity index (χ1) is 8.15. The van der Waals surface area contributed by atoms with E-state index in [1.807, 2.05) is 0 Å². The second kappa shape index (κ2) is 5.21. The van der Waals surface area contributed by atoms with E-state index in [1.165, 1.54) is 13.0 Å². The van der Waals surface area contributed by atoms with Crippen LogP contribution in [0, 0.1) is 17.0 Å². The highest BCUT2D eigenvalue weighted by Crippen LogP contribution is 2.29. The summed E-state index contributed by atoms with van der Waals surface area (Å²) >= 11 is 5.81. The van der Waals surface area contributed by atoms with Crippen molar-refractivity contribution in [2.24, 2.45) is 0 Å². The standard InChI is InChI=1S/C10H13ClN2O4S/c1-6(2)12-18(16,17)8-4-9(11)7(3)10(5-8)13(14)15/h4-6,12H,1-3H3. The molecule has 1 N–H and O–H groups in total. The molecule has 1 aromatic carbocycles. The Labute approximate surface area is 110 Å². The predicted octanol–water partition coefficient (Wildman–Crippen LogP) is 2.24. The molecule has 0 saturated heterocycles. The second-order valence-corrected chi connectivity index (χ2v) is 6.20. The van der Waals surface area contributed by atoms with Crippen LogP contribution < -0.4 is 4.72 Å². The minimum Gasteiger partial charge on any atom is -0.258 e. The van der Waals surface area contributed by atoms with Crippen molar-refractivity contribution < 1.29 is 13.3 Å². The van der Waals surface area contributed by atoms with Gasteiger partial charge in [0, 0.05) is 17.7 Å². The molecule has 6 nitrogen and oxygen atoms in total. The molecule has 8 heteroatoms. The van der Waals surface area contributed by atoms with Gasteiger partial charge in [-0.3, -0.25) is 10.1 Å². The molecule has 0 unspecified atom stereocenters. The summed E-state index contributed by atoms with van der Waals surface area (Å²) in [4.78, 5) is 9.94. The molecule has 0 aromatic heterocycles. The van der Waals surface area contributed by atoms with Crippen molar-refractivity contribution in [3.63, 3.8) is 0 Å². The van der Waals surface area contributed by atoms with E-state index in [1.54, 1.807) is 13.8 Å². The van der Waals surface area contributed by atoms with Crippen molar-refractivity contribution in [3.8, 4) is 0 Å². The molecular formula is C10H13ClN2O4S. The quantitative estimate of drug-likeness (QED) is 0.681. The summed E-state index contributed by atoms with van der Waals surface area (Å²) < 4.78 is 26.1. The van der Waals surface area contributed by atoms with Crippen molar-refractivity contribution in [2.45, 2.75) is 31.7 Å². The van der Waals surface area contributed by atoms with Gasteiger partial charge in [0.05, 0.1) is 14.8 Å². The Hall–Kier alpha value is -1.18. The van der Waals surface area contributed by atoms with Crippen molar-refractivity contribution >= 4 is 27.3 Å². The van der Waals surface area contributed by atoms with Crippen LogP contribution in [-0.4, -0.2) is 19.4 Å². The summed E-state index contributed by atoms with van der Waals surface area (Å²) in [6.45, 7) is 4.77. The number of sulfonamides is 1. The minimum absolute atomic E-state index is 0.0494. The Bertz CT molecular complexity index is 584. The lowest BCUT2D eigenvalue weighted by molar-refractivity contribution is -0.385. The van der Waals surface area contributed by atoms with Gasteiger partial charge in [0.15, 0.2) is 0 Å². The average Bonchev–Trinajstić information content (AvgIpc) is 2.19. The van der Waals surface area contributed by atoms with Gasteiger partial charge in [-0.1, -0.05) is 11.6 Å². The number of halogens is 1. The summed E-state index contributed by atoms with van der Waals surface area (Å²) in [5, 5.41) is 10.9. The zero-order chi connectivity index (χ0) is 14.1. The van der Waals surface area contributed by atoms with Crippen LogP contribution in [0.1, 0.15) is 19.4 Å². The molecule has 100 valence electrons. The van der Waals surface area contributed by atoms with Crippen LogP contribution in [0.25, 0.3) is 0 Å². The van der Waals surface area contributed by atoms with Gasteiger partial charge in [0.25, 0.3) is 5.69 Å². The molecule has 0 radical (unpaired) electrons. The zero-order valence-corrected chi connectivity index (χ0v) is 11.7. The van der Waals surface area contributed by atoms with E-state index in [9.17, 15) is 18.5 Å². The first-order valence-electron chi connectivity index (χ1n) is 5.12. The molecule has 1 aromatic rings. The van der Waals surface area contributed by atoms with Crippen LogP contribution in [0.4, 0.5) is 5.69 Å². The van der Waals surface area contributed by atoms with Crippen LogP contribution in [-0.2, 0) is 10.0 Å². The molecule has 0 aliphatic rings. The Balaban J connectivity index is 3.40. The Kier molecular flexibility index (Phi) is 4.31. The molecule has 0 spiro atoms. The summed E-state index contributed by atoms with van der Waals surface area (Å²) in [6.07, 6.45) is 0. The lowest BCUT2D eigenvalue weighted by Gasteiger charge is -2.10. The molecule has 0 aliphatic carbocycles. The highest BCUT2D eigenvalue weighted by Gasteiger charge is 2.22. The van der Waals surface area contributed by atoms with Crippen LogP contribution in [0.15, 0.2) is 17.0 Å². The summed E-state index contributed by atoms with van der Waals surface area (Å²) in [5.74, 6) is 0. The number of nitrogens with one attached hydrogen (secondary N) is 1. The van der Waals surface area contributed by atoms with Crippen molar-refractivity contribution in [1.82, 2.24) is 4.72 Å². The molecule has 0 bridgehead atoms. The molecule has 1 rings (SSSR count). The van der Waals surface area contributed by atoms with Gasteiger partial charge in [-0.25, -0.2) is 13.1 Å². The topological polar surface area (TPSA) is 89.3 Å². The van der Waals surface area contributed by atoms with Gasteiger partial charge in [-0.2, -0.15) is 0 Å². The average molecular weight is 293 g/mol. The van der Waals surface area contributed by atoms with Crippen LogP contribution >= 0.6 is 11.6 Å². The third-order valence-corrected chi connectivity index (χ3v) is 4.22. The molecule has 0 heterocycles. The first-order valence-corrected chi connectivity index (χ1v) is 6.98. The van der Waals surface area contributed by atoms with E-state index in [0.29, 0.717) is 0 Å². The number of hydrogen-bond donors (Lipinski definition) is 1. The molecule has 18 heavy (non-hydrogen) atoms. The highest BCUT2D eigenvalue weighted by atomic mass is 35.5. The summed E-state index contributed by atoms with van der Waals surface area (Å²) in [5.41, 5.74) is -0.0724. The number of nitro benzene ring substituents is 1. The fourth-order valence-electron chi connectivity index (χ4n) is 1.36. The van der Waals surface area contributed by atoms with Crippen molar-refractivity contribution in [2.75, 3.05) is 0 Å². The Morgan fingerprint density at radius 3 is 2.39 bits per heavy atom. The van der Waals surface area contributed by atoms with Gasteiger partial charge in [-0.05, 0) is 26.8 Å². The van der Waals surface area contributed by atoms with Crippen molar-refractivity contribution in [3.05, 3.63) is 32.8 Å². The Morgan fingerprint density at radius 1 is 1.39 bits per heavy atom. The summed E-state index contributed by atoms with van der Waals surface area (Å²) in [6, 6.07) is 1.90. The van der Waals surface area contributed by atoms with Gasteiger partial charge in [0.2, 0.25) is 10.0 Å². The van der Waals surface area contributed by atoms with E-state index < -0.39 is 14.9 Å². The number of nitro groups is 1. The SMILES string of the molecule is Cc1c(Cl)cc(S(=O)(=O)NC(C)C)cc1[N+](=O)[O-]. The molecule has 0 aliphatic heterocycles. The Morgan fingerprint density at radius 2 is 1.94 bits per heavy atom. The maximum absolute atomic E-state index is 11.9. The maximum atomic E-state index is 11.9. The highest BCUT2D eigenvalue weighted by molar-refractivity contribution is 7.89. The van der Waals surface area contributed by atoms with Crippen LogP contribution in [0.3, 0.4) is 0 Å². The fourth-order valence-corrected chi connectivity index (χ4v) is 2.94. The lowest BCUT2D eigenvalue weighted by Crippen LogP contribution is -2.30. The first kappa shape index (κ1) is 14.9. The van der Waals surface area contributed by atoms with E-state index in [4.69, 9.17) is 11.6 Å². The number of rotatable bonds is 4. The molecule has 0 fully saturated rings. The van der Waals surface area contributed by atoms with E-state index in [0.717, 1.165) is 6.07 Å². The maximum Gasteiger partial charge on any atom is 0.275 e. The van der Waals surface area contributed by atoms with Crippen molar-refractivity contribution in [1.29, 1.82) is 0 Å². The third-order valence-electron chi connectivity index (χ3n) is 2.19. The molecular weight excluding hydrogens is 280 g/mol. The normalized spacial score (nSPS) is 11.8. The van der Waals surface area contributed by atoms with E-state index in [-0.39, 0.29) is 27.2 Å². The van der Waals surface area contributed by atoms with E-state index >= 15 is 0 Å². The zero-order valence-electron chi connectivity index (χ0n) is 10.1. The van der Waals surface area contributed by atoms with Crippen LogP contribution in [0.2, 0.25) is 5.02 Å². The van der Waals surface area contributed by atoms with Gasteiger partial charge >= 0.3 is 0 Å². The van der Waals surface area contributed by atoms with Gasteiger partial charge < -0.3 is 0 Å². The number of benzene rings is 1. The van der Waals surface area contributed by atoms with Gasteiger partial charge in [-0.15, -0.1) is 0 Å². The minimum atomic E-state index is -3.79. The monoisotopic (exact) mass is 292 g/mol. The molecule has 0 atom stereocenters. The molecule has 0 amide bonds. The van der Waals surface area contributed by atoms with Gasteiger partial charge in [0.1, 0.15) is 0 Å². The number of nitrogens with zero attached hydrogens (tertiary/aromatic N) is 1. The largest absolute Gasteiger partial charge is 0.275 e. The summed E-state index contributed by atoms with van der Waals surface area (Å²) in [7, 11) is -3.79. The van der Waals surface area contributed by atoms with Crippen LogP contribution in [0.5, 0.6) is 0 Å². The molecule has 0 saturated carbocycles. The fraction of sp³-hybridized carbons (Fsp3) is 0.400. The number of hydrogen-bond acceptors (Lipinski definition) is 4. The third kappa shape index (κ3) is 3.18. The predicted molar refractivity (Wildman–Crippen MR) is 68.3 cm³/mol. The smallest absolute Gasteiger partial charge is 0.258 e.